The van der Waals surface area contributed by atoms with Gasteiger partial charge in [-0.25, -0.2) is 0 Å². The first-order valence-corrected chi connectivity index (χ1v) is 10.5. The Bertz CT molecular complexity index is 446. The highest BCUT2D eigenvalue weighted by atomic mass is 35.5. The molecule has 0 radical (unpaired) electrons. The zero-order chi connectivity index (χ0) is 17.5. The lowest BCUT2D eigenvalue weighted by molar-refractivity contribution is -0.134. The molecule has 1 saturated carbocycles. The van der Waals surface area contributed by atoms with Gasteiger partial charge in [0.15, 0.2) is 0 Å². The lowest BCUT2D eigenvalue weighted by Crippen LogP contribution is -2.47. The Kier molecular flexibility index (Phi) is 9.20. The normalized spacial score (nSPS) is 27.5. The van der Waals surface area contributed by atoms with Crippen molar-refractivity contribution in [2.24, 2.45) is 11.8 Å². The number of piperidine rings is 1. The van der Waals surface area contributed by atoms with E-state index in [2.05, 4.69) is 15.5 Å². The number of amides is 2. The summed E-state index contributed by atoms with van der Waals surface area (Å²) >= 11 is 0. The number of hydrogen-bond donors (Lipinski definition) is 2. The van der Waals surface area contributed by atoms with Gasteiger partial charge in [0.2, 0.25) is 11.8 Å². The second kappa shape index (κ2) is 11.1. The van der Waals surface area contributed by atoms with Gasteiger partial charge in [0, 0.05) is 26.1 Å². The number of carbonyl (C=O) groups is 2. The maximum absolute atomic E-state index is 12.7. The molecule has 0 bridgehead atoms. The van der Waals surface area contributed by atoms with Gasteiger partial charge in [-0.1, -0.05) is 25.7 Å². The van der Waals surface area contributed by atoms with Crippen molar-refractivity contribution in [3.8, 4) is 0 Å². The van der Waals surface area contributed by atoms with Crippen LogP contribution in [0.1, 0.15) is 70.6 Å². The Labute approximate surface area is 164 Å². The third-order valence-corrected chi connectivity index (χ3v) is 6.25. The van der Waals surface area contributed by atoms with Gasteiger partial charge in [-0.05, 0) is 56.9 Å². The summed E-state index contributed by atoms with van der Waals surface area (Å²) in [5.74, 6) is 1.50. The fraction of sp³-hybridized carbons (Fsp3) is 0.900. The lowest BCUT2D eigenvalue weighted by Gasteiger charge is -2.34. The van der Waals surface area contributed by atoms with E-state index in [9.17, 15) is 9.59 Å². The minimum absolute atomic E-state index is 0. The van der Waals surface area contributed by atoms with Crippen LogP contribution < -0.4 is 10.6 Å². The van der Waals surface area contributed by atoms with Crippen molar-refractivity contribution in [2.75, 3.05) is 26.2 Å². The monoisotopic (exact) mass is 385 g/mol. The highest BCUT2D eigenvalue weighted by Crippen LogP contribution is 2.27. The number of carbonyl (C=O) groups excluding carboxylic acids is 2. The zero-order valence-corrected chi connectivity index (χ0v) is 16.8. The fourth-order valence-electron chi connectivity index (χ4n) is 4.68. The molecule has 0 aromatic rings. The number of likely N-dealkylation sites (tertiary alicyclic amines) is 1. The summed E-state index contributed by atoms with van der Waals surface area (Å²) in [6.07, 6.45) is 12.7. The van der Waals surface area contributed by atoms with Crippen LogP contribution >= 0.6 is 12.4 Å². The zero-order valence-electron chi connectivity index (χ0n) is 16.0. The number of rotatable bonds is 5. The molecule has 2 unspecified atom stereocenters. The van der Waals surface area contributed by atoms with Crippen LogP contribution in [0.4, 0.5) is 0 Å². The van der Waals surface area contributed by atoms with E-state index in [4.69, 9.17) is 0 Å². The molecule has 2 amide bonds. The van der Waals surface area contributed by atoms with E-state index in [-0.39, 0.29) is 24.4 Å². The van der Waals surface area contributed by atoms with E-state index in [0.717, 1.165) is 51.7 Å². The number of hydrogen-bond acceptors (Lipinski definition) is 3. The Hall–Kier alpha value is -0.810. The first kappa shape index (κ1) is 21.5. The van der Waals surface area contributed by atoms with Crippen LogP contribution in [0.3, 0.4) is 0 Å². The van der Waals surface area contributed by atoms with Gasteiger partial charge < -0.3 is 15.5 Å². The summed E-state index contributed by atoms with van der Waals surface area (Å²) in [5.41, 5.74) is 0. The molecule has 26 heavy (non-hydrogen) atoms. The molecule has 2 aliphatic heterocycles. The largest absolute Gasteiger partial charge is 0.354 e. The maximum Gasteiger partial charge on any atom is 0.237 e. The average Bonchev–Trinajstić information content (AvgIpc) is 3.06. The van der Waals surface area contributed by atoms with Gasteiger partial charge in [0.05, 0.1) is 6.04 Å². The number of halogens is 1. The summed E-state index contributed by atoms with van der Waals surface area (Å²) in [4.78, 5) is 26.9. The van der Waals surface area contributed by atoms with Crippen LogP contribution in [-0.4, -0.2) is 48.9 Å². The standard InChI is InChI=1S/C20H35N3O2.ClH/c24-19(13-16-7-3-1-2-4-8-16)23-12-6-9-17(15-23)14-22-20(25)18-10-5-11-21-18;/h16-18,21H,1-15H2,(H,22,25);1H. The highest BCUT2D eigenvalue weighted by Gasteiger charge is 2.27. The predicted molar refractivity (Wildman–Crippen MR) is 106 cm³/mol. The highest BCUT2D eigenvalue weighted by molar-refractivity contribution is 5.85. The Morgan fingerprint density at radius 3 is 2.35 bits per heavy atom. The summed E-state index contributed by atoms with van der Waals surface area (Å²) in [6.45, 7) is 3.39. The lowest BCUT2D eigenvalue weighted by atomic mass is 9.93. The summed E-state index contributed by atoms with van der Waals surface area (Å²) in [6, 6.07) is -0.00318. The van der Waals surface area contributed by atoms with E-state index in [1.807, 2.05) is 0 Å². The molecule has 0 spiro atoms. The minimum Gasteiger partial charge on any atom is -0.354 e. The van der Waals surface area contributed by atoms with Crippen LogP contribution in [0.25, 0.3) is 0 Å². The molecule has 0 aromatic carbocycles. The van der Waals surface area contributed by atoms with Gasteiger partial charge in [-0.2, -0.15) is 0 Å². The van der Waals surface area contributed by atoms with Crippen molar-refractivity contribution >= 4 is 24.2 Å². The molecule has 2 N–H and O–H groups in total. The molecule has 0 aromatic heterocycles. The maximum atomic E-state index is 12.7. The molecule has 150 valence electrons. The molecule has 3 fully saturated rings. The van der Waals surface area contributed by atoms with Crippen LogP contribution in [0, 0.1) is 11.8 Å². The molecule has 3 aliphatic rings. The third kappa shape index (κ3) is 6.41. The fourth-order valence-corrected chi connectivity index (χ4v) is 4.68. The van der Waals surface area contributed by atoms with Gasteiger partial charge in [-0.15, -0.1) is 12.4 Å². The average molecular weight is 386 g/mol. The SMILES string of the molecule is Cl.O=C(NCC1CCCN(C(=O)CC2CCCCCC2)C1)C1CCCN1. The Morgan fingerprint density at radius 2 is 1.65 bits per heavy atom. The smallest absolute Gasteiger partial charge is 0.237 e. The minimum atomic E-state index is -0.00318. The quantitative estimate of drug-likeness (QED) is 0.715. The summed E-state index contributed by atoms with van der Waals surface area (Å²) in [7, 11) is 0. The van der Waals surface area contributed by atoms with Crippen molar-refractivity contribution in [3.05, 3.63) is 0 Å². The second-order valence-corrected chi connectivity index (χ2v) is 8.30. The van der Waals surface area contributed by atoms with E-state index in [1.165, 1.54) is 38.5 Å². The molecular weight excluding hydrogens is 350 g/mol. The van der Waals surface area contributed by atoms with Crippen LogP contribution in [-0.2, 0) is 9.59 Å². The third-order valence-electron chi connectivity index (χ3n) is 6.25. The van der Waals surface area contributed by atoms with Crippen molar-refractivity contribution in [1.29, 1.82) is 0 Å². The molecule has 1 aliphatic carbocycles. The topological polar surface area (TPSA) is 61.4 Å². The Morgan fingerprint density at radius 1 is 0.923 bits per heavy atom. The van der Waals surface area contributed by atoms with Crippen molar-refractivity contribution in [3.63, 3.8) is 0 Å². The molecule has 3 rings (SSSR count). The van der Waals surface area contributed by atoms with E-state index < -0.39 is 0 Å². The van der Waals surface area contributed by atoms with Crippen LogP contribution in [0.5, 0.6) is 0 Å². The molecule has 5 nitrogen and oxygen atoms in total. The summed E-state index contributed by atoms with van der Waals surface area (Å²) < 4.78 is 0. The van der Waals surface area contributed by atoms with Gasteiger partial charge in [0.1, 0.15) is 0 Å². The van der Waals surface area contributed by atoms with E-state index in [1.54, 1.807) is 0 Å². The van der Waals surface area contributed by atoms with Crippen molar-refractivity contribution in [2.45, 2.75) is 76.7 Å². The molecule has 2 atom stereocenters. The molecular formula is C20H36ClN3O2. The van der Waals surface area contributed by atoms with Crippen molar-refractivity contribution < 1.29 is 9.59 Å². The van der Waals surface area contributed by atoms with Gasteiger partial charge in [0.25, 0.3) is 0 Å². The van der Waals surface area contributed by atoms with Crippen molar-refractivity contribution in [1.82, 2.24) is 15.5 Å². The molecule has 2 saturated heterocycles. The molecule has 2 heterocycles. The van der Waals surface area contributed by atoms with E-state index in [0.29, 0.717) is 24.3 Å². The van der Waals surface area contributed by atoms with Gasteiger partial charge >= 0.3 is 0 Å². The first-order valence-electron chi connectivity index (χ1n) is 10.5. The predicted octanol–water partition coefficient (Wildman–Crippen LogP) is 2.88. The van der Waals surface area contributed by atoms with Crippen LogP contribution in [0.15, 0.2) is 0 Å². The first-order chi connectivity index (χ1) is 12.2. The van der Waals surface area contributed by atoms with Gasteiger partial charge in [-0.3, -0.25) is 9.59 Å². The molecule has 6 heteroatoms. The summed E-state index contributed by atoms with van der Waals surface area (Å²) in [5, 5.41) is 6.35. The van der Waals surface area contributed by atoms with Crippen LogP contribution in [0.2, 0.25) is 0 Å². The number of nitrogens with zero attached hydrogens (tertiary/aromatic N) is 1. The Balaban J connectivity index is 0.00000243. The second-order valence-electron chi connectivity index (χ2n) is 8.30. The number of nitrogens with one attached hydrogen (secondary N) is 2. The van der Waals surface area contributed by atoms with E-state index >= 15 is 0 Å².